The van der Waals surface area contributed by atoms with Gasteiger partial charge in [-0.1, -0.05) is 0 Å². The van der Waals surface area contributed by atoms with Crippen LogP contribution in [-0.2, 0) is 0 Å². The molecule has 0 aliphatic rings. The number of halogens is 1. The molecule has 2 rings (SSSR count). The van der Waals surface area contributed by atoms with Crippen LogP contribution >= 0.6 is 33.9 Å². The second-order valence-electron chi connectivity index (χ2n) is 2.91. The van der Waals surface area contributed by atoms with E-state index in [2.05, 4.69) is 28.7 Å². The number of anilines is 1. The molecule has 2 nitrogen and oxygen atoms in total. The van der Waals surface area contributed by atoms with Crippen LogP contribution in [0.1, 0.15) is 6.92 Å². The Balaban J connectivity index is 2.59. The van der Waals surface area contributed by atoms with Crippen molar-refractivity contribution in [3.05, 3.63) is 21.1 Å². The van der Waals surface area contributed by atoms with Gasteiger partial charge in [0, 0.05) is 21.8 Å². The van der Waals surface area contributed by atoms with Crippen LogP contribution in [0.4, 0.5) is 5.69 Å². The molecule has 0 radical (unpaired) electrons. The van der Waals surface area contributed by atoms with Crippen molar-refractivity contribution in [2.24, 2.45) is 0 Å². The highest BCUT2D eigenvalue weighted by Gasteiger charge is 2.05. The lowest BCUT2D eigenvalue weighted by Gasteiger charge is -2.04. The molecule has 2 N–H and O–H groups in total. The fourth-order valence-corrected chi connectivity index (χ4v) is 3.23. The Morgan fingerprint density at radius 3 is 2.93 bits per heavy atom. The van der Waals surface area contributed by atoms with Gasteiger partial charge in [0.05, 0.1) is 9.49 Å². The molecule has 0 saturated carbocycles. The monoisotopic (exact) mass is 319 g/mol. The zero-order valence-corrected chi connectivity index (χ0v) is 10.7. The lowest BCUT2D eigenvalue weighted by Crippen LogP contribution is -1.93. The topological polar surface area (TPSA) is 35.2 Å². The maximum absolute atomic E-state index is 5.92. The first kappa shape index (κ1) is 10.0. The zero-order chi connectivity index (χ0) is 10.1. The number of nitrogens with two attached hydrogens (primary N) is 1. The summed E-state index contributed by atoms with van der Waals surface area (Å²) in [5.74, 6) is 0.857. The van der Waals surface area contributed by atoms with Gasteiger partial charge in [-0.25, -0.2) is 0 Å². The summed E-state index contributed by atoms with van der Waals surface area (Å²) in [5, 5.41) is 1.13. The summed E-state index contributed by atoms with van der Waals surface area (Å²) in [5.41, 5.74) is 6.72. The first-order chi connectivity index (χ1) is 6.70. The average Bonchev–Trinajstić information content (AvgIpc) is 2.47. The Morgan fingerprint density at radius 2 is 2.21 bits per heavy atom. The molecule has 0 fully saturated rings. The summed E-state index contributed by atoms with van der Waals surface area (Å²) in [6.45, 7) is 2.64. The molecule has 0 spiro atoms. The van der Waals surface area contributed by atoms with Crippen molar-refractivity contribution < 1.29 is 4.74 Å². The lowest BCUT2D eigenvalue weighted by molar-refractivity contribution is 0.341. The van der Waals surface area contributed by atoms with Gasteiger partial charge in [-0.2, -0.15) is 0 Å². The molecule has 0 aliphatic heterocycles. The summed E-state index contributed by atoms with van der Waals surface area (Å²) in [6.07, 6.45) is 0. The van der Waals surface area contributed by atoms with Crippen molar-refractivity contribution in [1.82, 2.24) is 0 Å². The van der Waals surface area contributed by atoms with Gasteiger partial charge in [-0.3, -0.25) is 0 Å². The Bertz CT molecular complexity index is 466. The Morgan fingerprint density at radius 1 is 1.43 bits per heavy atom. The maximum Gasteiger partial charge on any atom is 0.122 e. The van der Waals surface area contributed by atoms with E-state index < -0.39 is 0 Å². The molecule has 74 valence electrons. The van der Waals surface area contributed by atoms with E-state index in [1.807, 2.05) is 19.1 Å². The summed E-state index contributed by atoms with van der Waals surface area (Å²) in [4.78, 5) is 0. The minimum atomic E-state index is 0.674. The normalized spacial score (nSPS) is 10.7. The van der Waals surface area contributed by atoms with Crippen LogP contribution in [0.5, 0.6) is 5.75 Å². The van der Waals surface area contributed by atoms with E-state index in [1.165, 1.54) is 7.58 Å². The van der Waals surface area contributed by atoms with Crippen LogP contribution in [-0.4, -0.2) is 6.61 Å². The van der Waals surface area contributed by atoms with Crippen molar-refractivity contribution in [3.63, 3.8) is 0 Å². The number of hydrogen-bond donors (Lipinski definition) is 1. The molecule has 1 heterocycles. The van der Waals surface area contributed by atoms with Crippen LogP contribution in [0.15, 0.2) is 18.2 Å². The molecule has 1 aromatic carbocycles. The van der Waals surface area contributed by atoms with Crippen LogP contribution in [0.25, 0.3) is 10.1 Å². The maximum atomic E-state index is 5.92. The van der Waals surface area contributed by atoms with E-state index in [-0.39, 0.29) is 0 Å². The van der Waals surface area contributed by atoms with Gasteiger partial charge in [-0.05, 0) is 41.6 Å². The van der Waals surface area contributed by atoms with E-state index in [0.29, 0.717) is 6.61 Å². The highest BCUT2D eigenvalue weighted by molar-refractivity contribution is 14.1. The third kappa shape index (κ3) is 1.81. The number of rotatable bonds is 2. The summed E-state index contributed by atoms with van der Waals surface area (Å²) in [6, 6.07) is 6.03. The molecular weight excluding hydrogens is 309 g/mol. The van der Waals surface area contributed by atoms with E-state index >= 15 is 0 Å². The first-order valence-corrected chi connectivity index (χ1v) is 6.21. The van der Waals surface area contributed by atoms with Gasteiger partial charge < -0.3 is 10.5 Å². The fourth-order valence-electron chi connectivity index (χ4n) is 1.36. The predicted octanol–water partition coefficient (Wildman–Crippen LogP) is 3.49. The Labute approximate surface area is 100 Å². The number of thiophene rings is 1. The molecule has 14 heavy (non-hydrogen) atoms. The minimum absolute atomic E-state index is 0.674. The molecule has 0 amide bonds. The minimum Gasteiger partial charge on any atom is -0.494 e. The fraction of sp³-hybridized carbons (Fsp3) is 0.200. The Kier molecular flexibility index (Phi) is 2.83. The second-order valence-corrected chi connectivity index (χ2v) is 5.89. The number of benzene rings is 1. The van der Waals surface area contributed by atoms with Crippen molar-refractivity contribution in [2.45, 2.75) is 6.92 Å². The van der Waals surface area contributed by atoms with Gasteiger partial charge in [0.25, 0.3) is 0 Å². The Hall–Kier alpha value is -0.490. The van der Waals surface area contributed by atoms with Gasteiger partial charge in [0.15, 0.2) is 0 Å². The largest absolute Gasteiger partial charge is 0.494 e. The van der Waals surface area contributed by atoms with Gasteiger partial charge in [0.1, 0.15) is 5.75 Å². The molecule has 0 saturated heterocycles. The average molecular weight is 319 g/mol. The van der Waals surface area contributed by atoms with Crippen molar-refractivity contribution in [2.75, 3.05) is 12.3 Å². The summed E-state index contributed by atoms with van der Waals surface area (Å²) in [7, 11) is 0. The second kappa shape index (κ2) is 3.94. The van der Waals surface area contributed by atoms with Crippen LogP contribution < -0.4 is 10.5 Å². The smallest absolute Gasteiger partial charge is 0.122 e. The molecule has 1 aromatic heterocycles. The first-order valence-electron chi connectivity index (χ1n) is 4.32. The standard InChI is InChI=1S/C10H10INOS/c1-2-13-6-3-8(12)7-5-10(11)14-9(7)4-6/h3-5H,2,12H2,1H3. The highest BCUT2D eigenvalue weighted by Crippen LogP contribution is 2.34. The third-order valence-corrected chi connectivity index (χ3v) is 3.77. The molecule has 0 bridgehead atoms. The van der Waals surface area contributed by atoms with Crippen LogP contribution in [0, 0.1) is 2.88 Å². The molecule has 2 aromatic rings. The van der Waals surface area contributed by atoms with E-state index in [4.69, 9.17) is 10.5 Å². The van der Waals surface area contributed by atoms with Gasteiger partial charge >= 0.3 is 0 Å². The molecular formula is C10H10INOS. The molecule has 4 heteroatoms. The zero-order valence-electron chi connectivity index (χ0n) is 7.71. The van der Waals surface area contributed by atoms with Crippen molar-refractivity contribution in [1.29, 1.82) is 0 Å². The third-order valence-electron chi connectivity index (χ3n) is 1.92. The number of nitrogen functional groups attached to an aromatic ring is 1. The van der Waals surface area contributed by atoms with E-state index in [0.717, 1.165) is 16.8 Å². The van der Waals surface area contributed by atoms with E-state index in [1.54, 1.807) is 11.3 Å². The highest BCUT2D eigenvalue weighted by atomic mass is 127. The summed E-state index contributed by atoms with van der Waals surface area (Å²) >= 11 is 4.04. The van der Waals surface area contributed by atoms with Crippen molar-refractivity contribution >= 4 is 49.7 Å². The predicted molar refractivity (Wildman–Crippen MR) is 70.1 cm³/mol. The number of ether oxygens (including phenoxy) is 1. The SMILES string of the molecule is CCOc1cc(N)c2cc(I)sc2c1. The molecule has 0 unspecified atom stereocenters. The molecule has 0 atom stereocenters. The van der Waals surface area contributed by atoms with Gasteiger partial charge in [-0.15, -0.1) is 11.3 Å². The van der Waals surface area contributed by atoms with Crippen molar-refractivity contribution in [3.8, 4) is 5.75 Å². The number of hydrogen-bond acceptors (Lipinski definition) is 3. The number of fused-ring (bicyclic) bond motifs is 1. The summed E-state index contributed by atoms with van der Waals surface area (Å²) < 4.78 is 7.87. The molecule has 0 aliphatic carbocycles. The lowest BCUT2D eigenvalue weighted by atomic mass is 10.2. The van der Waals surface area contributed by atoms with Gasteiger partial charge in [0.2, 0.25) is 0 Å². The van der Waals surface area contributed by atoms with Crippen LogP contribution in [0.3, 0.4) is 0 Å². The van der Waals surface area contributed by atoms with Crippen LogP contribution in [0.2, 0.25) is 0 Å². The quantitative estimate of drug-likeness (QED) is 0.679. The van der Waals surface area contributed by atoms with E-state index in [9.17, 15) is 0 Å².